The highest BCUT2D eigenvalue weighted by molar-refractivity contribution is 6.30. The predicted octanol–water partition coefficient (Wildman–Crippen LogP) is 3.33. The first-order chi connectivity index (χ1) is 9.13. The lowest BCUT2D eigenvalue weighted by Crippen LogP contribution is -2.12. The number of hydrogen-bond donors (Lipinski definition) is 0. The van der Waals surface area contributed by atoms with Crippen LogP contribution in [0.3, 0.4) is 0 Å². The molecule has 0 saturated carbocycles. The topological polar surface area (TPSA) is 44.8 Å². The molecule has 4 nitrogen and oxygen atoms in total. The van der Waals surface area contributed by atoms with Gasteiger partial charge in [0.05, 0.1) is 19.8 Å². The van der Waals surface area contributed by atoms with Gasteiger partial charge in [-0.1, -0.05) is 0 Å². The minimum absolute atomic E-state index is 0.295. The van der Waals surface area contributed by atoms with E-state index in [0.29, 0.717) is 36.9 Å². The summed E-state index contributed by atoms with van der Waals surface area (Å²) in [6.07, 6.45) is 0. The Morgan fingerprint density at radius 2 is 1.84 bits per heavy atom. The minimum atomic E-state index is -0.878. The summed E-state index contributed by atoms with van der Waals surface area (Å²) >= 11 is 6.11. The second-order valence-electron chi connectivity index (χ2n) is 3.68. The highest BCUT2D eigenvalue weighted by atomic mass is 35.5. The lowest BCUT2D eigenvalue weighted by molar-refractivity contribution is -0.142. The van der Waals surface area contributed by atoms with Gasteiger partial charge in [-0.2, -0.15) is 0 Å². The van der Waals surface area contributed by atoms with Gasteiger partial charge in [-0.3, -0.25) is 4.79 Å². The van der Waals surface area contributed by atoms with Crippen LogP contribution in [0.25, 0.3) is 0 Å². The quantitative estimate of drug-likeness (QED) is 0.570. The van der Waals surface area contributed by atoms with E-state index >= 15 is 0 Å². The Kier molecular flexibility index (Phi) is 6.50. The average Bonchev–Trinajstić information content (AvgIpc) is 2.39. The number of hydrogen-bond acceptors (Lipinski definition) is 4. The van der Waals surface area contributed by atoms with Gasteiger partial charge >= 0.3 is 5.97 Å². The number of benzene rings is 1. The zero-order valence-electron chi connectivity index (χ0n) is 11.4. The highest BCUT2D eigenvalue weighted by Crippen LogP contribution is 2.34. The number of ether oxygens (including phenoxy) is 3. The molecular formula is C14H19ClO4. The predicted molar refractivity (Wildman–Crippen MR) is 74.0 cm³/mol. The number of carbonyl (C=O) groups is 1. The van der Waals surface area contributed by atoms with Crippen LogP contribution >= 0.6 is 11.6 Å². The van der Waals surface area contributed by atoms with Crippen molar-refractivity contribution in [2.45, 2.75) is 26.1 Å². The Labute approximate surface area is 118 Å². The monoisotopic (exact) mass is 286 g/mol. The van der Waals surface area contributed by atoms with Gasteiger partial charge in [0, 0.05) is 11.6 Å². The molecule has 5 heteroatoms. The molecule has 0 aromatic heterocycles. The van der Waals surface area contributed by atoms with Crippen molar-refractivity contribution in [1.82, 2.24) is 0 Å². The van der Waals surface area contributed by atoms with E-state index in [9.17, 15) is 4.79 Å². The Morgan fingerprint density at radius 3 is 2.42 bits per heavy atom. The molecule has 1 unspecified atom stereocenters. The van der Waals surface area contributed by atoms with Crippen molar-refractivity contribution in [2.75, 3.05) is 19.8 Å². The second-order valence-corrected chi connectivity index (χ2v) is 4.12. The molecule has 0 aliphatic rings. The third-order valence-corrected chi connectivity index (χ3v) is 2.78. The van der Waals surface area contributed by atoms with E-state index in [2.05, 4.69) is 0 Å². The van der Waals surface area contributed by atoms with Gasteiger partial charge in [-0.25, -0.2) is 0 Å². The first-order valence-electron chi connectivity index (χ1n) is 6.34. The van der Waals surface area contributed by atoms with Crippen molar-refractivity contribution in [3.05, 3.63) is 23.8 Å². The van der Waals surface area contributed by atoms with Gasteiger partial charge in [-0.15, -0.1) is 11.6 Å². The molecule has 1 atom stereocenters. The van der Waals surface area contributed by atoms with Crippen LogP contribution in [0.4, 0.5) is 0 Å². The number of rotatable bonds is 7. The fraction of sp³-hybridized carbons (Fsp3) is 0.500. The molecule has 0 fully saturated rings. The van der Waals surface area contributed by atoms with E-state index in [1.54, 1.807) is 25.1 Å². The van der Waals surface area contributed by atoms with E-state index in [0.717, 1.165) is 0 Å². The Bertz CT molecular complexity index is 420. The summed E-state index contributed by atoms with van der Waals surface area (Å²) in [6.45, 7) is 6.84. The third-order valence-electron chi connectivity index (χ3n) is 2.36. The zero-order valence-corrected chi connectivity index (χ0v) is 12.2. The molecule has 0 bridgehead atoms. The van der Waals surface area contributed by atoms with Crippen molar-refractivity contribution in [3.63, 3.8) is 0 Å². The molecule has 0 N–H and O–H groups in total. The van der Waals surface area contributed by atoms with Crippen LogP contribution in [0.2, 0.25) is 0 Å². The second kappa shape index (κ2) is 7.89. The molecule has 1 rings (SSSR count). The number of alkyl halides is 1. The van der Waals surface area contributed by atoms with Gasteiger partial charge in [0.1, 0.15) is 11.5 Å². The van der Waals surface area contributed by atoms with Crippen molar-refractivity contribution < 1.29 is 19.0 Å². The van der Waals surface area contributed by atoms with Crippen LogP contribution in [0.1, 0.15) is 31.7 Å². The molecule has 1 aromatic carbocycles. The highest BCUT2D eigenvalue weighted by Gasteiger charge is 2.23. The molecule has 0 spiro atoms. The Balaban J connectivity index is 3.01. The molecule has 0 radical (unpaired) electrons. The largest absolute Gasteiger partial charge is 0.494 e. The number of esters is 1. The van der Waals surface area contributed by atoms with E-state index < -0.39 is 11.3 Å². The molecule has 0 amide bonds. The molecule has 1 aromatic rings. The van der Waals surface area contributed by atoms with Crippen molar-refractivity contribution in [3.8, 4) is 11.5 Å². The van der Waals surface area contributed by atoms with Crippen molar-refractivity contribution in [2.24, 2.45) is 0 Å². The van der Waals surface area contributed by atoms with Crippen LogP contribution in [0.15, 0.2) is 18.2 Å². The van der Waals surface area contributed by atoms with Crippen LogP contribution in [0.5, 0.6) is 11.5 Å². The number of carbonyl (C=O) groups excluding carboxylic acids is 1. The fourth-order valence-electron chi connectivity index (χ4n) is 1.60. The molecule has 0 aliphatic heterocycles. The molecule has 0 aliphatic carbocycles. The molecule has 106 valence electrons. The summed E-state index contributed by atoms with van der Waals surface area (Å²) in [7, 11) is 0. The molecular weight excluding hydrogens is 268 g/mol. The van der Waals surface area contributed by atoms with Crippen LogP contribution in [0, 0.1) is 0 Å². The summed E-state index contributed by atoms with van der Waals surface area (Å²) in [4.78, 5) is 11.7. The number of halogens is 1. The van der Waals surface area contributed by atoms with Crippen LogP contribution in [-0.2, 0) is 9.53 Å². The fourth-order valence-corrected chi connectivity index (χ4v) is 1.85. The molecule has 0 heterocycles. The summed E-state index contributed by atoms with van der Waals surface area (Å²) in [5, 5.41) is -0.878. The summed E-state index contributed by atoms with van der Waals surface area (Å²) < 4.78 is 15.8. The summed E-state index contributed by atoms with van der Waals surface area (Å²) in [5.41, 5.74) is 0.588. The Morgan fingerprint density at radius 1 is 1.16 bits per heavy atom. The van der Waals surface area contributed by atoms with E-state index in [-0.39, 0.29) is 0 Å². The Hall–Kier alpha value is -1.42. The maximum absolute atomic E-state index is 11.7. The maximum atomic E-state index is 11.7. The third kappa shape index (κ3) is 4.31. The van der Waals surface area contributed by atoms with Crippen molar-refractivity contribution in [1.29, 1.82) is 0 Å². The van der Waals surface area contributed by atoms with Gasteiger partial charge in [0.25, 0.3) is 0 Å². The maximum Gasteiger partial charge on any atom is 0.328 e. The van der Waals surface area contributed by atoms with E-state index in [4.69, 9.17) is 25.8 Å². The minimum Gasteiger partial charge on any atom is -0.494 e. The SMILES string of the molecule is CCOC(=O)C(Cl)c1ccc(OCC)cc1OCC. The average molecular weight is 287 g/mol. The molecule has 0 saturated heterocycles. The first-order valence-corrected chi connectivity index (χ1v) is 6.77. The normalized spacial score (nSPS) is 11.8. The van der Waals surface area contributed by atoms with E-state index in [1.165, 1.54) is 0 Å². The first kappa shape index (κ1) is 15.6. The lowest BCUT2D eigenvalue weighted by atomic mass is 10.1. The van der Waals surface area contributed by atoms with Gasteiger partial charge in [0.2, 0.25) is 0 Å². The summed E-state index contributed by atoms with van der Waals surface area (Å²) in [6, 6.07) is 5.22. The van der Waals surface area contributed by atoms with E-state index in [1.807, 2.05) is 13.8 Å². The standard InChI is InChI=1S/C14H19ClO4/c1-4-17-10-7-8-11(12(9-10)18-5-2)13(15)14(16)19-6-3/h7-9,13H,4-6H2,1-3H3. The van der Waals surface area contributed by atoms with Crippen molar-refractivity contribution >= 4 is 17.6 Å². The van der Waals surface area contributed by atoms with Gasteiger partial charge in [-0.05, 0) is 32.9 Å². The lowest BCUT2D eigenvalue weighted by Gasteiger charge is -2.15. The van der Waals surface area contributed by atoms with Gasteiger partial charge in [0.15, 0.2) is 5.38 Å². The molecule has 19 heavy (non-hydrogen) atoms. The zero-order chi connectivity index (χ0) is 14.3. The smallest absolute Gasteiger partial charge is 0.328 e. The van der Waals surface area contributed by atoms with Gasteiger partial charge < -0.3 is 14.2 Å². The van der Waals surface area contributed by atoms with Crippen LogP contribution < -0.4 is 9.47 Å². The van der Waals surface area contributed by atoms with Crippen LogP contribution in [-0.4, -0.2) is 25.8 Å². The summed E-state index contributed by atoms with van der Waals surface area (Å²) in [5.74, 6) is 0.748.